The van der Waals surface area contributed by atoms with Crippen molar-refractivity contribution in [3.63, 3.8) is 0 Å². The van der Waals surface area contributed by atoms with Crippen LogP contribution in [0, 0.1) is 0 Å². The first kappa shape index (κ1) is 12.7. The molecule has 3 heteroatoms. The Morgan fingerprint density at radius 3 is 2.68 bits per heavy atom. The van der Waals surface area contributed by atoms with E-state index in [1.165, 1.54) is 5.56 Å². The average molecular weight is 319 g/mol. The highest BCUT2D eigenvalue weighted by Gasteiger charge is 2.20. The molecule has 98 valence electrons. The molecule has 1 atom stereocenters. The van der Waals surface area contributed by atoms with Crippen LogP contribution in [-0.4, -0.2) is 11.7 Å². The molecule has 0 saturated heterocycles. The number of aliphatic hydroxyl groups excluding tert-OH is 1. The van der Waals surface area contributed by atoms with Gasteiger partial charge in [-0.05, 0) is 36.1 Å². The van der Waals surface area contributed by atoms with Gasteiger partial charge in [-0.1, -0.05) is 46.3 Å². The van der Waals surface area contributed by atoms with Crippen LogP contribution in [0.3, 0.4) is 0 Å². The van der Waals surface area contributed by atoms with Gasteiger partial charge in [-0.15, -0.1) is 0 Å². The summed E-state index contributed by atoms with van der Waals surface area (Å²) in [6, 6.07) is 13.7. The number of ether oxygens (including phenoxy) is 1. The van der Waals surface area contributed by atoms with E-state index in [0.717, 1.165) is 40.8 Å². The number of hydrogen-bond donors (Lipinski definition) is 1. The maximum atomic E-state index is 10.5. The van der Waals surface area contributed by atoms with Crippen molar-refractivity contribution in [3.8, 4) is 5.75 Å². The van der Waals surface area contributed by atoms with Gasteiger partial charge in [0.25, 0.3) is 0 Å². The van der Waals surface area contributed by atoms with E-state index >= 15 is 0 Å². The molecular weight excluding hydrogens is 304 g/mol. The Morgan fingerprint density at radius 1 is 1.11 bits per heavy atom. The third-order valence-corrected chi connectivity index (χ3v) is 3.97. The van der Waals surface area contributed by atoms with Gasteiger partial charge < -0.3 is 9.84 Å². The molecule has 1 aliphatic rings. The van der Waals surface area contributed by atoms with Crippen molar-refractivity contribution in [2.75, 3.05) is 6.61 Å². The Morgan fingerprint density at radius 2 is 1.89 bits per heavy atom. The van der Waals surface area contributed by atoms with Crippen molar-refractivity contribution in [2.24, 2.45) is 0 Å². The zero-order valence-corrected chi connectivity index (χ0v) is 12.1. The van der Waals surface area contributed by atoms with Crippen LogP contribution in [0.2, 0.25) is 0 Å². The number of rotatable bonds is 2. The predicted molar refractivity (Wildman–Crippen MR) is 78.5 cm³/mol. The average Bonchev–Trinajstić information content (AvgIpc) is 2.47. The van der Waals surface area contributed by atoms with Crippen LogP contribution in [0.4, 0.5) is 0 Å². The lowest BCUT2D eigenvalue weighted by molar-refractivity contribution is 0.206. The van der Waals surface area contributed by atoms with Crippen LogP contribution >= 0.6 is 15.9 Å². The van der Waals surface area contributed by atoms with Crippen LogP contribution in [0.5, 0.6) is 5.75 Å². The quantitative estimate of drug-likeness (QED) is 0.911. The van der Waals surface area contributed by atoms with Gasteiger partial charge >= 0.3 is 0 Å². The van der Waals surface area contributed by atoms with Gasteiger partial charge in [-0.3, -0.25) is 0 Å². The summed E-state index contributed by atoms with van der Waals surface area (Å²) in [5.74, 6) is 0.865. The minimum Gasteiger partial charge on any atom is -0.493 e. The van der Waals surface area contributed by atoms with Gasteiger partial charge in [0.15, 0.2) is 0 Å². The molecule has 0 amide bonds. The fourth-order valence-corrected chi connectivity index (χ4v) is 2.72. The largest absolute Gasteiger partial charge is 0.493 e. The predicted octanol–water partition coefficient (Wildman–Crippen LogP) is 3.86. The zero-order chi connectivity index (χ0) is 13.2. The Balaban J connectivity index is 1.99. The highest BCUT2D eigenvalue weighted by molar-refractivity contribution is 9.10. The number of benzene rings is 2. The van der Waals surface area contributed by atoms with Crippen LogP contribution < -0.4 is 4.74 Å². The number of aliphatic hydroxyl groups is 1. The lowest BCUT2D eigenvalue weighted by Crippen LogP contribution is -2.12. The molecule has 3 rings (SSSR count). The smallest absolute Gasteiger partial charge is 0.128 e. The summed E-state index contributed by atoms with van der Waals surface area (Å²) < 4.78 is 6.76. The van der Waals surface area contributed by atoms with Crippen LogP contribution in [-0.2, 0) is 6.42 Å². The van der Waals surface area contributed by atoms with Crippen molar-refractivity contribution in [3.05, 3.63) is 63.6 Å². The van der Waals surface area contributed by atoms with E-state index in [1.54, 1.807) is 0 Å². The lowest BCUT2D eigenvalue weighted by atomic mass is 9.96. The van der Waals surface area contributed by atoms with E-state index < -0.39 is 6.10 Å². The molecule has 1 heterocycles. The molecule has 2 nitrogen and oxygen atoms in total. The van der Waals surface area contributed by atoms with E-state index in [1.807, 2.05) is 36.4 Å². The Labute approximate surface area is 121 Å². The zero-order valence-electron chi connectivity index (χ0n) is 10.5. The van der Waals surface area contributed by atoms with Gasteiger partial charge in [-0.25, -0.2) is 0 Å². The lowest BCUT2D eigenvalue weighted by Gasteiger charge is -2.23. The summed E-state index contributed by atoms with van der Waals surface area (Å²) in [6.45, 7) is 0.733. The SMILES string of the molecule is OC(c1ccc(Br)cc1)c1cccc2c1OCCC2. The van der Waals surface area contributed by atoms with Gasteiger partial charge in [0.1, 0.15) is 11.9 Å². The van der Waals surface area contributed by atoms with E-state index in [9.17, 15) is 5.11 Å². The van der Waals surface area contributed by atoms with Crippen molar-refractivity contribution >= 4 is 15.9 Å². The maximum absolute atomic E-state index is 10.5. The molecule has 1 N–H and O–H groups in total. The molecule has 0 bridgehead atoms. The highest BCUT2D eigenvalue weighted by atomic mass is 79.9. The van der Waals surface area contributed by atoms with Crippen molar-refractivity contribution < 1.29 is 9.84 Å². The number of fused-ring (bicyclic) bond motifs is 1. The molecule has 0 spiro atoms. The van der Waals surface area contributed by atoms with Gasteiger partial charge in [-0.2, -0.15) is 0 Å². The second-order valence-corrected chi connectivity index (χ2v) is 5.66. The van der Waals surface area contributed by atoms with Gasteiger partial charge in [0.2, 0.25) is 0 Å². The number of aryl methyl sites for hydroxylation is 1. The first-order valence-electron chi connectivity index (χ1n) is 6.44. The second-order valence-electron chi connectivity index (χ2n) is 4.74. The Bertz CT molecular complexity index is 578. The maximum Gasteiger partial charge on any atom is 0.128 e. The van der Waals surface area contributed by atoms with Crippen LogP contribution in [0.25, 0.3) is 0 Å². The molecule has 2 aromatic carbocycles. The second kappa shape index (κ2) is 5.35. The summed E-state index contributed by atoms with van der Waals surface area (Å²) in [6.07, 6.45) is 1.43. The highest BCUT2D eigenvalue weighted by Crippen LogP contribution is 2.35. The monoisotopic (exact) mass is 318 g/mol. The first-order valence-corrected chi connectivity index (χ1v) is 7.23. The van der Waals surface area contributed by atoms with E-state index in [0.29, 0.717) is 0 Å². The molecule has 19 heavy (non-hydrogen) atoms. The molecular formula is C16H15BrO2. The molecule has 1 aliphatic heterocycles. The van der Waals surface area contributed by atoms with E-state index in [4.69, 9.17) is 4.74 Å². The topological polar surface area (TPSA) is 29.5 Å². The molecule has 1 unspecified atom stereocenters. The number of para-hydroxylation sites is 1. The molecule has 0 aromatic heterocycles. The molecule has 0 radical (unpaired) electrons. The number of halogens is 1. The third kappa shape index (κ3) is 2.53. The van der Waals surface area contributed by atoms with E-state index in [-0.39, 0.29) is 0 Å². The summed E-state index contributed by atoms with van der Waals surface area (Å²) in [5.41, 5.74) is 2.94. The summed E-state index contributed by atoms with van der Waals surface area (Å²) in [5, 5.41) is 10.5. The standard InChI is InChI=1S/C16H15BrO2/c17-13-8-6-11(7-9-13)15(18)14-5-1-3-12-4-2-10-19-16(12)14/h1,3,5-9,15,18H,2,4,10H2. The summed E-state index contributed by atoms with van der Waals surface area (Å²) >= 11 is 3.40. The minimum absolute atomic E-state index is 0.638. The summed E-state index contributed by atoms with van der Waals surface area (Å²) in [7, 11) is 0. The van der Waals surface area contributed by atoms with Crippen LogP contribution in [0.1, 0.15) is 29.2 Å². The van der Waals surface area contributed by atoms with Crippen molar-refractivity contribution in [1.29, 1.82) is 0 Å². The summed E-state index contributed by atoms with van der Waals surface area (Å²) in [4.78, 5) is 0. The first-order chi connectivity index (χ1) is 9.25. The normalized spacial score (nSPS) is 15.5. The fourth-order valence-electron chi connectivity index (χ4n) is 2.45. The van der Waals surface area contributed by atoms with Gasteiger partial charge in [0.05, 0.1) is 6.61 Å². The van der Waals surface area contributed by atoms with Crippen molar-refractivity contribution in [1.82, 2.24) is 0 Å². The van der Waals surface area contributed by atoms with E-state index in [2.05, 4.69) is 22.0 Å². The molecule has 0 aliphatic carbocycles. The molecule has 2 aromatic rings. The minimum atomic E-state index is -0.638. The van der Waals surface area contributed by atoms with Gasteiger partial charge in [0, 0.05) is 10.0 Å². The van der Waals surface area contributed by atoms with Crippen LogP contribution in [0.15, 0.2) is 46.9 Å². The Kier molecular flexibility index (Phi) is 3.58. The number of hydrogen-bond acceptors (Lipinski definition) is 2. The molecule has 0 fully saturated rings. The third-order valence-electron chi connectivity index (χ3n) is 3.44. The molecule has 0 saturated carbocycles. The van der Waals surface area contributed by atoms with Crippen molar-refractivity contribution in [2.45, 2.75) is 18.9 Å². The Hall–Kier alpha value is -1.32. The fraction of sp³-hybridized carbons (Fsp3) is 0.250.